The van der Waals surface area contributed by atoms with Gasteiger partial charge in [0.25, 0.3) is 0 Å². The van der Waals surface area contributed by atoms with Gasteiger partial charge >= 0.3 is 5.97 Å². The third kappa shape index (κ3) is 2.84. The van der Waals surface area contributed by atoms with Gasteiger partial charge in [-0.05, 0) is 25.7 Å². The van der Waals surface area contributed by atoms with Gasteiger partial charge in [0.15, 0.2) is 0 Å². The number of hydrogen-bond donors (Lipinski definition) is 2. The molecule has 0 aromatic rings. The first-order valence-corrected chi connectivity index (χ1v) is 5.69. The summed E-state index contributed by atoms with van der Waals surface area (Å²) in [5.74, 6) is -1.28. The zero-order valence-corrected chi connectivity index (χ0v) is 9.50. The van der Waals surface area contributed by atoms with E-state index >= 15 is 0 Å². The fourth-order valence-electron chi connectivity index (χ4n) is 2.35. The Morgan fingerprint density at radius 3 is 2.25 bits per heavy atom. The van der Waals surface area contributed by atoms with Crippen LogP contribution >= 0.6 is 0 Å². The minimum absolute atomic E-state index is 0.159. The van der Waals surface area contributed by atoms with Gasteiger partial charge in [0.1, 0.15) is 0 Å². The van der Waals surface area contributed by atoms with Crippen molar-refractivity contribution in [2.24, 2.45) is 11.1 Å². The molecule has 0 bridgehead atoms. The smallest absolute Gasteiger partial charge is 0.330 e. The van der Waals surface area contributed by atoms with Crippen molar-refractivity contribution in [1.82, 2.24) is 0 Å². The minimum atomic E-state index is -0.990. The third-order valence-corrected chi connectivity index (χ3v) is 3.54. The van der Waals surface area contributed by atoms with Crippen LogP contribution in [0.4, 0.5) is 0 Å². The second-order valence-corrected chi connectivity index (χ2v) is 4.61. The highest BCUT2D eigenvalue weighted by atomic mass is 16.4. The van der Waals surface area contributed by atoms with Crippen LogP contribution in [0.1, 0.15) is 44.9 Å². The normalized spacial score (nSPS) is 19.0. The van der Waals surface area contributed by atoms with Gasteiger partial charge in [-0.15, -0.1) is 0 Å². The fraction of sp³-hybridized carbons (Fsp3) is 0.667. The molecule has 4 nitrogen and oxygen atoms in total. The predicted octanol–water partition coefficient (Wildman–Crippen LogP) is 1.84. The van der Waals surface area contributed by atoms with E-state index in [2.05, 4.69) is 6.58 Å². The molecule has 16 heavy (non-hydrogen) atoms. The van der Waals surface area contributed by atoms with Crippen LogP contribution in [-0.2, 0) is 9.59 Å². The van der Waals surface area contributed by atoms with E-state index in [1.54, 1.807) is 0 Å². The van der Waals surface area contributed by atoms with Gasteiger partial charge in [0.2, 0.25) is 5.91 Å². The van der Waals surface area contributed by atoms with Crippen LogP contribution in [0.5, 0.6) is 0 Å². The Morgan fingerprint density at radius 2 is 1.81 bits per heavy atom. The standard InChI is InChI=1S/C12H19NO3/c1-9(10(14)15)5-8-12(11(13)16)6-3-2-4-7-12/h1-8H2,(H2,13,16)(H,14,15). The molecule has 3 N–H and O–H groups in total. The number of primary amides is 1. The summed E-state index contributed by atoms with van der Waals surface area (Å²) in [6.07, 6.45) is 5.58. The molecule has 90 valence electrons. The summed E-state index contributed by atoms with van der Waals surface area (Å²) >= 11 is 0. The molecule has 4 heteroatoms. The maximum atomic E-state index is 11.5. The molecule has 0 atom stereocenters. The van der Waals surface area contributed by atoms with Gasteiger partial charge in [-0.1, -0.05) is 25.8 Å². The van der Waals surface area contributed by atoms with Crippen molar-refractivity contribution in [3.05, 3.63) is 12.2 Å². The van der Waals surface area contributed by atoms with Crippen LogP contribution in [-0.4, -0.2) is 17.0 Å². The summed E-state index contributed by atoms with van der Waals surface area (Å²) in [5.41, 5.74) is 5.12. The molecule has 0 radical (unpaired) electrons. The van der Waals surface area contributed by atoms with Crippen molar-refractivity contribution in [3.63, 3.8) is 0 Å². The number of rotatable bonds is 5. The van der Waals surface area contributed by atoms with E-state index in [1.165, 1.54) is 0 Å². The van der Waals surface area contributed by atoms with Crippen LogP contribution in [0, 0.1) is 5.41 Å². The number of aliphatic carboxylic acids is 1. The Hall–Kier alpha value is -1.32. The Bertz CT molecular complexity index is 303. The van der Waals surface area contributed by atoms with Crippen molar-refractivity contribution in [2.45, 2.75) is 44.9 Å². The van der Waals surface area contributed by atoms with Gasteiger partial charge < -0.3 is 10.8 Å². The van der Waals surface area contributed by atoms with Crippen LogP contribution in [0.3, 0.4) is 0 Å². The maximum Gasteiger partial charge on any atom is 0.330 e. The number of carbonyl (C=O) groups is 2. The summed E-state index contributed by atoms with van der Waals surface area (Å²) in [6.45, 7) is 3.48. The van der Waals surface area contributed by atoms with Gasteiger partial charge in [-0.2, -0.15) is 0 Å². The lowest BCUT2D eigenvalue weighted by molar-refractivity contribution is -0.134. The minimum Gasteiger partial charge on any atom is -0.478 e. The Balaban J connectivity index is 2.61. The monoisotopic (exact) mass is 225 g/mol. The molecule has 0 aliphatic heterocycles. The van der Waals surface area contributed by atoms with E-state index in [1.807, 2.05) is 0 Å². The average Bonchev–Trinajstić information content (AvgIpc) is 2.26. The SMILES string of the molecule is C=C(CCC1(C(N)=O)CCCCC1)C(=O)O. The van der Waals surface area contributed by atoms with E-state index in [0.717, 1.165) is 32.1 Å². The predicted molar refractivity (Wildman–Crippen MR) is 60.7 cm³/mol. The Labute approximate surface area is 95.5 Å². The number of carbonyl (C=O) groups excluding carboxylic acids is 1. The molecule has 1 fully saturated rings. The summed E-state index contributed by atoms with van der Waals surface area (Å²) in [7, 11) is 0. The van der Waals surface area contributed by atoms with Crippen molar-refractivity contribution in [3.8, 4) is 0 Å². The van der Waals surface area contributed by atoms with E-state index < -0.39 is 11.4 Å². The molecule has 0 unspecified atom stereocenters. The molecule has 1 rings (SSSR count). The molecule has 0 saturated heterocycles. The van der Waals surface area contributed by atoms with Crippen LogP contribution in [0.15, 0.2) is 12.2 Å². The Kier molecular flexibility index (Phi) is 4.10. The number of carboxylic acid groups (broad SMARTS) is 1. The first-order chi connectivity index (χ1) is 7.48. The van der Waals surface area contributed by atoms with Gasteiger partial charge in [0.05, 0.1) is 0 Å². The fourth-order valence-corrected chi connectivity index (χ4v) is 2.35. The summed E-state index contributed by atoms with van der Waals surface area (Å²) < 4.78 is 0. The molecule has 0 heterocycles. The number of carboxylic acids is 1. The quantitative estimate of drug-likeness (QED) is 0.700. The highest BCUT2D eigenvalue weighted by molar-refractivity contribution is 5.86. The van der Waals surface area contributed by atoms with Crippen molar-refractivity contribution in [2.75, 3.05) is 0 Å². The first-order valence-electron chi connectivity index (χ1n) is 5.69. The maximum absolute atomic E-state index is 11.5. The molecular formula is C12H19NO3. The van der Waals surface area contributed by atoms with E-state index in [0.29, 0.717) is 12.8 Å². The van der Waals surface area contributed by atoms with Gasteiger partial charge in [0, 0.05) is 11.0 Å². The Morgan fingerprint density at radius 1 is 1.25 bits per heavy atom. The van der Waals surface area contributed by atoms with E-state index in [9.17, 15) is 9.59 Å². The highest BCUT2D eigenvalue weighted by Gasteiger charge is 2.37. The van der Waals surface area contributed by atoms with Crippen molar-refractivity contribution < 1.29 is 14.7 Å². The van der Waals surface area contributed by atoms with Crippen molar-refractivity contribution in [1.29, 1.82) is 0 Å². The number of nitrogens with two attached hydrogens (primary N) is 1. The zero-order valence-electron chi connectivity index (χ0n) is 9.50. The second kappa shape index (κ2) is 5.14. The topological polar surface area (TPSA) is 80.4 Å². The molecule has 0 spiro atoms. The highest BCUT2D eigenvalue weighted by Crippen LogP contribution is 2.40. The van der Waals surface area contributed by atoms with Gasteiger partial charge in [-0.3, -0.25) is 4.79 Å². The zero-order chi connectivity index (χ0) is 12.2. The first kappa shape index (κ1) is 12.7. The summed E-state index contributed by atoms with van der Waals surface area (Å²) in [4.78, 5) is 22.1. The summed E-state index contributed by atoms with van der Waals surface area (Å²) in [6, 6.07) is 0. The molecular weight excluding hydrogens is 206 g/mol. The molecule has 0 aromatic carbocycles. The molecule has 1 amide bonds. The second-order valence-electron chi connectivity index (χ2n) is 4.61. The largest absolute Gasteiger partial charge is 0.478 e. The van der Waals surface area contributed by atoms with Crippen molar-refractivity contribution >= 4 is 11.9 Å². The van der Waals surface area contributed by atoms with Crippen LogP contribution in [0.2, 0.25) is 0 Å². The summed E-state index contributed by atoms with van der Waals surface area (Å²) in [5, 5.41) is 8.72. The average molecular weight is 225 g/mol. The van der Waals surface area contributed by atoms with E-state index in [4.69, 9.17) is 10.8 Å². The molecule has 1 aliphatic carbocycles. The van der Waals surface area contributed by atoms with Crippen LogP contribution < -0.4 is 5.73 Å². The van der Waals surface area contributed by atoms with Gasteiger partial charge in [-0.25, -0.2) is 4.79 Å². The molecule has 1 saturated carbocycles. The third-order valence-electron chi connectivity index (χ3n) is 3.54. The lowest BCUT2D eigenvalue weighted by Crippen LogP contribution is -2.39. The molecule has 0 aromatic heterocycles. The lowest BCUT2D eigenvalue weighted by atomic mass is 9.70. The number of hydrogen-bond acceptors (Lipinski definition) is 2. The van der Waals surface area contributed by atoms with Crippen LogP contribution in [0.25, 0.3) is 0 Å². The lowest BCUT2D eigenvalue weighted by Gasteiger charge is -2.34. The molecule has 1 aliphatic rings. The van der Waals surface area contributed by atoms with E-state index in [-0.39, 0.29) is 11.5 Å². The number of amides is 1.